The number of fused-ring (bicyclic) bond motifs is 10. The Morgan fingerprint density at radius 3 is 2.56 bits per heavy atom. The summed E-state index contributed by atoms with van der Waals surface area (Å²) >= 11 is 3.52. The maximum Gasteiger partial charge on any atom is 0.407 e. The molecule has 2 saturated heterocycles. The van der Waals surface area contributed by atoms with Crippen molar-refractivity contribution in [3.63, 3.8) is 0 Å². The number of benzene rings is 1. The number of urea groups is 1. The monoisotopic (exact) mass is 675 g/mol. The van der Waals surface area contributed by atoms with E-state index in [2.05, 4.69) is 55.3 Å². The number of carbonyl (C=O) groups excluding carboxylic acids is 3. The summed E-state index contributed by atoms with van der Waals surface area (Å²) in [5.41, 5.74) is 3.35. The second-order valence-corrected chi connectivity index (χ2v) is 13.6. The van der Waals surface area contributed by atoms with Crippen molar-refractivity contribution in [2.45, 2.75) is 74.4 Å². The summed E-state index contributed by atoms with van der Waals surface area (Å²) in [5, 5.41) is 21.0. The van der Waals surface area contributed by atoms with Gasteiger partial charge in [-0.2, -0.15) is 0 Å². The van der Waals surface area contributed by atoms with Crippen molar-refractivity contribution in [2.75, 3.05) is 7.05 Å². The molecule has 0 spiro atoms. The molecule has 2 saturated carbocycles. The molecule has 12 nitrogen and oxygen atoms in total. The van der Waals surface area contributed by atoms with E-state index in [4.69, 9.17) is 4.74 Å². The van der Waals surface area contributed by atoms with Gasteiger partial charge in [0.25, 0.3) is 5.91 Å². The largest absolute Gasteiger partial charge is 0.444 e. The van der Waals surface area contributed by atoms with Crippen LogP contribution < -0.4 is 16.0 Å². The first kappa shape index (κ1) is 28.3. The Morgan fingerprint density at radius 2 is 1.78 bits per heavy atom. The van der Waals surface area contributed by atoms with Crippen molar-refractivity contribution in [1.82, 2.24) is 34.9 Å². The molecule has 6 heterocycles. The van der Waals surface area contributed by atoms with E-state index >= 15 is 0 Å². The maximum atomic E-state index is 13.0. The first-order chi connectivity index (χ1) is 21.5. The number of rotatable bonds is 2. The lowest BCUT2D eigenvalue weighted by atomic mass is 10.0. The van der Waals surface area contributed by atoms with Crippen molar-refractivity contribution in [2.24, 2.45) is 0 Å². The minimum atomic E-state index is -1.36. The second-order valence-electron chi connectivity index (χ2n) is 12.8. The van der Waals surface area contributed by atoms with Gasteiger partial charge in [-0.1, -0.05) is 36.4 Å². The number of hydrogen-bond acceptors (Lipinski definition) is 6. The summed E-state index contributed by atoms with van der Waals surface area (Å²) in [6.45, 7) is 6.37. The Morgan fingerprint density at radius 1 is 1.00 bits per heavy atom. The molecule has 13 heteroatoms. The zero-order valence-corrected chi connectivity index (χ0v) is 26.4. The van der Waals surface area contributed by atoms with E-state index < -0.39 is 11.8 Å². The molecule has 9 rings (SSSR count). The molecule has 4 aliphatic heterocycles. The van der Waals surface area contributed by atoms with Gasteiger partial charge in [-0.3, -0.25) is 9.69 Å². The lowest BCUT2D eigenvalue weighted by Gasteiger charge is -2.34. The van der Waals surface area contributed by atoms with Crippen molar-refractivity contribution in [3.8, 4) is 0 Å². The van der Waals surface area contributed by atoms with Crippen molar-refractivity contribution in [3.05, 3.63) is 88.4 Å². The molecule has 0 bridgehead atoms. The molecule has 1 aromatic carbocycles. The molecule has 2 aliphatic carbocycles. The zero-order valence-electron chi connectivity index (χ0n) is 24.8. The standard InChI is InChI=1S/C20H21BrN4O3.C12H13N3O2/c1-11-3-5-12(6-4-11)10-24-19(27)23(2)17-16-14(9-20(17,24)28)25-13(18(26)22-16)7-8-15(25)21;1-6-7-3-2-4-15(7)8-5-9-11(10(8)13-6)14-12(16)17-9/h3-8,14,16-17,28H,9-10H2,1-2H3,(H,22,26);2-4,8-11,13H,1,5H2,(H,14,16)/t14-,16-,17+,20+;8-,9-,10-,11-/m11/s1. The Balaban J connectivity index is 0.000000150. The van der Waals surface area contributed by atoms with Crippen LogP contribution in [-0.2, 0) is 11.3 Å². The molecule has 45 heavy (non-hydrogen) atoms. The molecule has 234 valence electrons. The number of nitrogens with one attached hydrogen (secondary N) is 3. The summed E-state index contributed by atoms with van der Waals surface area (Å²) in [4.78, 5) is 39.9. The number of carbonyl (C=O) groups is 3. The fourth-order valence-corrected chi connectivity index (χ4v) is 8.91. The van der Waals surface area contributed by atoms with E-state index in [1.165, 1.54) is 0 Å². The highest BCUT2D eigenvalue weighted by Gasteiger charge is 2.66. The van der Waals surface area contributed by atoms with Gasteiger partial charge < -0.3 is 39.8 Å². The number of alkyl carbamates (subject to hydrolysis) is 1. The van der Waals surface area contributed by atoms with Crippen molar-refractivity contribution in [1.29, 1.82) is 0 Å². The summed E-state index contributed by atoms with van der Waals surface area (Å²) in [7, 11) is 1.70. The minimum absolute atomic E-state index is 0.0221. The topological polar surface area (TPSA) is 133 Å². The summed E-state index contributed by atoms with van der Waals surface area (Å²) in [5.74, 6) is -0.186. The molecule has 6 aliphatic rings. The number of aliphatic hydroxyl groups is 1. The highest BCUT2D eigenvalue weighted by Crippen LogP contribution is 2.50. The third kappa shape index (κ3) is 4.09. The third-order valence-electron chi connectivity index (χ3n) is 10.4. The number of halogens is 1. The Kier molecular flexibility index (Phi) is 6.21. The average Bonchev–Trinajstić information content (AvgIpc) is 3.83. The van der Waals surface area contributed by atoms with E-state index in [-0.39, 0.29) is 48.3 Å². The van der Waals surface area contributed by atoms with Gasteiger partial charge in [0.15, 0.2) is 5.72 Å². The highest BCUT2D eigenvalue weighted by molar-refractivity contribution is 9.10. The number of hydrogen-bond donors (Lipinski definition) is 4. The lowest BCUT2D eigenvalue weighted by Crippen LogP contribution is -2.56. The third-order valence-corrected chi connectivity index (χ3v) is 11.0. The van der Waals surface area contributed by atoms with E-state index in [1.54, 1.807) is 22.9 Å². The fraction of sp³-hybridized carbons (Fsp3) is 0.406. The number of likely N-dealkylation sites (N-methyl/N-ethyl adjacent to an activating group) is 1. The van der Waals surface area contributed by atoms with E-state index in [9.17, 15) is 19.5 Å². The van der Waals surface area contributed by atoms with Crippen LogP contribution in [0.4, 0.5) is 9.59 Å². The molecule has 3 aromatic rings. The van der Waals surface area contributed by atoms with Crippen LogP contribution in [-0.4, -0.2) is 85.1 Å². The van der Waals surface area contributed by atoms with Crippen LogP contribution in [0.3, 0.4) is 0 Å². The molecule has 2 aromatic heterocycles. The van der Waals surface area contributed by atoms with Crippen LogP contribution in [0.15, 0.2) is 65.9 Å². The predicted molar refractivity (Wildman–Crippen MR) is 167 cm³/mol. The molecule has 4 amide bonds. The second kappa shape index (κ2) is 9.88. The SMILES string of the molecule is C=C1N[C@H]2[C@@H]3NC(=O)O[C@@H]3C[C@H]2n2cccc21.Cc1ccc(CN2C(=O)N(C)[C@H]3[C@@H]4NC(=O)c5ccc(Br)n5[C@@H]4C[C@]32O)cc1. The normalized spacial score (nSPS) is 33.5. The minimum Gasteiger partial charge on any atom is -0.444 e. The summed E-state index contributed by atoms with van der Waals surface area (Å²) in [6, 6.07) is 15.0. The van der Waals surface area contributed by atoms with E-state index in [1.807, 2.05) is 47.9 Å². The summed E-state index contributed by atoms with van der Waals surface area (Å²) < 4.78 is 10.2. The van der Waals surface area contributed by atoms with E-state index in [0.717, 1.165) is 33.5 Å². The van der Waals surface area contributed by atoms with E-state index in [0.29, 0.717) is 24.7 Å². The van der Waals surface area contributed by atoms with Gasteiger partial charge in [0, 0.05) is 26.1 Å². The molecular formula is C32H34BrN7O5. The number of aromatic nitrogens is 2. The van der Waals surface area contributed by atoms with Gasteiger partial charge in [-0.05, 0) is 52.7 Å². The van der Waals surface area contributed by atoms with Crippen molar-refractivity contribution < 1.29 is 24.2 Å². The van der Waals surface area contributed by atoms with Crippen LogP contribution >= 0.6 is 15.9 Å². The number of aryl methyl sites for hydroxylation is 1. The summed E-state index contributed by atoms with van der Waals surface area (Å²) in [6.07, 6.45) is 2.96. The Bertz CT molecular complexity index is 1750. The number of amides is 4. The van der Waals surface area contributed by atoms with Crippen LogP contribution in [0.2, 0.25) is 0 Å². The van der Waals surface area contributed by atoms with Crippen LogP contribution in [0.1, 0.15) is 52.2 Å². The van der Waals surface area contributed by atoms with Crippen LogP contribution in [0.25, 0.3) is 5.70 Å². The highest BCUT2D eigenvalue weighted by atomic mass is 79.9. The first-order valence-corrected chi connectivity index (χ1v) is 15.9. The maximum absolute atomic E-state index is 13.0. The molecule has 8 atom stereocenters. The molecule has 0 unspecified atom stereocenters. The number of nitrogens with zero attached hydrogens (tertiary/aromatic N) is 4. The van der Waals surface area contributed by atoms with Gasteiger partial charge in [-0.15, -0.1) is 0 Å². The fourth-order valence-electron chi connectivity index (χ4n) is 8.33. The molecular weight excluding hydrogens is 642 g/mol. The van der Waals surface area contributed by atoms with Crippen molar-refractivity contribution >= 4 is 39.7 Å². The number of ether oxygens (including phenoxy) is 1. The lowest BCUT2D eigenvalue weighted by molar-refractivity contribution is -0.0772. The Hall–Kier alpha value is -4.23. The zero-order chi connectivity index (χ0) is 31.4. The van der Waals surface area contributed by atoms with Gasteiger partial charge in [0.1, 0.15) is 17.8 Å². The van der Waals surface area contributed by atoms with Gasteiger partial charge in [0.2, 0.25) is 0 Å². The Labute approximate surface area is 268 Å². The molecule has 4 N–H and O–H groups in total. The molecule has 4 fully saturated rings. The quantitative estimate of drug-likeness (QED) is 0.330. The van der Waals surface area contributed by atoms with Crippen LogP contribution in [0, 0.1) is 6.92 Å². The smallest absolute Gasteiger partial charge is 0.407 e. The van der Waals surface area contributed by atoms with Crippen LogP contribution in [0.5, 0.6) is 0 Å². The van der Waals surface area contributed by atoms with Gasteiger partial charge >= 0.3 is 12.1 Å². The first-order valence-electron chi connectivity index (χ1n) is 15.1. The van der Waals surface area contributed by atoms with Gasteiger partial charge in [0.05, 0.1) is 52.7 Å². The average molecular weight is 677 g/mol. The predicted octanol–water partition coefficient (Wildman–Crippen LogP) is 3.09. The van der Waals surface area contributed by atoms with Gasteiger partial charge in [-0.25, -0.2) is 9.59 Å². The molecule has 0 radical (unpaired) electrons.